The molecular formula is C13H9NO3. The summed E-state index contributed by atoms with van der Waals surface area (Å²) in [7, 11) is 0. The number of aryl methyl sites for hydroxylation is 1. The van der Waals surface area contributed by atoms with E-state index in [2.05, 4.69) is 4.98 Å². The molecule has 4 nitrogen and oxygen atoms in total. The first-order chi connectivity index (χ1) is 8.16. The zero-order chi connectivity index (χ0) is 12.0. The average molecular weight is 227 g/mol. The zero-order valence-corrected chi connectivity index (χ0v) is 9.10. The molecule has 0 saturated carbocycles. The molecule has 0 bridgehead atoms. The van der Waals surface area contributed by atoms with Crippen molar-refractivity contribution >= 4 is 28.0 Å². The van der Waals surface area contributed by atoms with Crippen molar-refractivity contribution in [3.05, 3.63) is 41.6 Å². The van der Waals surface area contributed by atoms with Gasteiger partial charge in [-0.1, -0.05) is 18.2 Å². The third-order valence-electron chi connectivity index (χ3n) is 2.71. The number of hydrogen-bond acceptors (Lipinski definition) is 3. The molecule has 0 spiro atoms. The smallest absolute Gasteiger partial charge is 0.336 e. The Balaban J connectivity index is 2.58. The van der Waals surface area contributed by atoms with E-state index in [1.54, 1.807) is 19.1 Å². The quantitative estimate of drug-likeness (QED) is 0.694. The number of para-hydroxylation sites is 1. The highest BCUT2D eigenvalue weighted by molar-refractivity contribution is 6.13. The lowest BCUT2D eigenvalue weighted by Gasteiger charge is -1.98. The largest absolute Gasteiger partial charge is 0.478 e. The first kappa shape index (κ1) is 9.84. The van der Waals surface area contributed by atoms with E-state index < -0.39 is 5.97 Å². The van der Waals surface area contributed by atoms with E-state index in [4.69, 9.17) is 4.42 Å². The van der Waals surface area contributed by atoms with E-state index in [-0.39, 0.29) is 5.56 Å². The first-order valence-corrected chi connectivity index (χ1v) is 5.19. The third-order valence-corrected chi connectivity index (χ3v) is 2.71. The SMILES string of the molecule is Cc1cc(C(=O)O)c2c(n1)oc1ccccc12. The minimum absolute atomic E-state index is 0.234. The number of aromatic nitrogens is 1. The molecule has 2 aromatic heterocycles. The highest BCUT2D eigenvalue weighted by Crippen LogP contribution is 2.30. The van der Waals surface area contributed by atoms with Crippen LogP contribution in [0.15, 0.2) is 34.7 Å². The van der Waals surface area contributed by atoms with Gasteiger partial charge in [-0.3, -0.25) is 0 Å². The standard InChI is InChI=1S/C13H9NO3/c1-7-6-9(13(15)16)11-8-4-2-3-5-10(8)17-12(11)14-7/h2-6H,1H3,(H,15,16). The number of hydrogen-bond donors (Lipinski definition) is 1. The Kier molecular flexibility index (Phi) is 1.92. The fraction of sp³-hybridized carbons (Fsp3) is 0.0769. The number of furan rings is 1. The molecule has 1 aromatic carbocycles. The normalized spacial score (nSPS) is 11.1. The van der Waals surface area contributed by atoms with Crippen LogP contribution < -0.4 is 0 Å². The summed E-state index contributed by atoms with van der Waals surface area (Å²) in [5.74, 6) is -0.966. The number of pyridine rings is 1. The van der Waals surface area contributed by atoms with Crippen molar-refractivity contribution in [2.75, 3.05) is 0 Å². The molecule has 1 N–H and O–H groups in total. The van der Waals surface area contributed by atoms with Gasteiger partial charge in [0.1, 0.15) is 5.58 Å². The minimum Gasteiger partial charge on any atom is -0.478 e. The van der Waals surface area contributed by atoms with E-state index >= 15 is 0 Å². The molecule has 3 aromatic rings. The minimum atomic E-state index is -0.966. The average Bonchev–Trinajstić information content (AvgIpc) is 2.65. The zero-order valence-electron chi connectivity index (χ0n) is 9.10. The number of carboxylic acids is 1. The Hall–Kier alpha value is -2.36. The summed E-state index contributed by atoms with van der Waals surface area (Å²) in [5, 5.41) is 10.6. The van der Waals surface area contributed by atoms with E-state index in [0.29, 0.717) is 22.4 Å². The van der Waals surface area contributed by atoms with Crippen LogP contribution in [0.5, 0.6) is 0 Å². The van der Waals surface area contributed by atoms with Crippen LogP contribution in [0.3, 0.4) is 0 Å². The van der Waals surface area contributed by atoms with Crippen LogP contribution in [0.4, 0.5) is 0 Å². The van der Waals surface area contributed by atoms with Gasteiger partial charge in [-0.25, -0.2) is 9.78 Å². The van der Waals surface area contributed by atoms with Crippen LogP contribution in [0.2, 0.25) is 0 Å². The predicted molar refractivity (Wildman–Crippen MR) is 63.2 cm³/mol. The summed E-state index contributed by atoms with van der Waals surface area (Å²) >= 11 is 0. The number of benzene rings is 1. The Morgan fingerprint density at radius 1 is 1.35 bits per heavy atom. The molecule has 0 fully saturated rings. The molecule has 0 saturated heterocycles. The molecular weight excluding hydrogens is 218 g/mol. The van der Waals surface area contributed by atoms with E-state index in [1.807, 2.05) is 18.2 Å². The number of aromatic carboxylic acids is 1. The van der Waals surface area contributed by atoms with Crippen molar-refractivity contribution in [3.8, 4) is 0 Å². The molecule has 0 aliphatic heterocycles. The molecule has 17 heavy (non-hydrogen) atoms. The third kappa shape index (κ3) is 1.38. The van der Waals surface area contributed by atoms with Crippen molar-refractivity contribution in [3.63, 3.8) is 0 Å². The summed E-state index contributed by atoms with van der Waals surface area (Å²) < 4.78 is 5.55. The summed E-state index contributed by atoms with van der Waals surface area (Å²) in [5.41, 5.74) is 1.90. The monoisotopic (exact) mass is 227 g/mol. The maximum Gasteiger partial charge on any atom is 0.336 e. The first-order valence-electron chi connectivity index (χ1n) is 5.19. The van der Waals surface area contributed by atoms with E-state index in [9.17, 15) is 9.90 Å². The van der Waals surface area contributed by atoms with Crippen LogP contribution in [-0.2, 0) is 0 Å². The van der Waals surface area contributed by atoms with Gasteiger partial charge < -0.3 is 9.52 Å². The summed E-state index contributed by atoms with van der Waals surface area (Å²) in [6, 6.07) is 8.90. The van der Waals surface area contributed by atoms with Crippen molar-refractivity contribution in [2.24, 2.45) is 0 Å². The molecule has 0 aliphatic rings. The number of carboxylic acid groups (broad SMARTS) is 1. The summed E-state index contributed by atoms with van der Waals surface area (Å²) in [6.45, 7) is 1.75. The van der Waals surface area contributed by atoms with E-state index in [0.717, 1.165) is 5.39 Å². The number of carbonyl (C=O) groups is 1. The molecule has 0 amide bonds. The van der Waals surface area contributed by atoms with Gasteiger partial charge in [0.2, 0.25) is 5.71 Å². The second kappa shape index (κ2) is 3.31. The molecule has 3 rings (SSSR count). The van der Waals surface area contributed by atoms with Crippen LogP contribution in [0.25, 0.3) is 22.1 Å². The highest BCUT2D eigenvalue weighted by atomic mass is 16.4. The topological polar surface area (TPSA) is 63.3 Å². The van der Waals surface area contributed by atoms with Crippen LogP contribution in [-0.4, -0.2) is 16.1 Å². The lowest BCUT2D eigenvalue weighted by atomic mass is 10.1. The second-order valence-electron chi connectivity index (χ2n) is 3.89. The Morgan fingerprint density at radius 3 is 2.88 bits per heavy atom. The summed E-state index contributed by atoms with van der Waals surface area (Å²) in [6.07, 6.45) is 0. The van der Waals surface area contributed by atoms with Gasteiger partial charge in [-0.05, 0) is 19.1 Å². The second-order valence-corrected chi connectivity index (χ2v) is 3.89. The maximum atomic E-state index is 11.2. The fourth-order valence-electron chi connectivity index (χ4n) is 2.01. The van der Waals surface area contributed by atoms with Crippen LogP contribution in [0, 0.1) is 6.92 Å². The molecule has 84 valence electrons. The van der Waals surface area contributed by atoms with Crippen molar-refractivity contribution < 1.29 is 14.3 Å². The van der Waals surface area contributed by atoms with Gasteiger partial charge in [0, 0.05) is 11.1 Å². The van der Waals surface area contributed by atoms with E-state index in [1.165, 1.54) is 0 Å². The number of rotatable bonds is 1. The predicted octanol–water partition coefficient (Wildman–Crippen LogP) is 2.99. The van der Waals surface area contributed by atoms with Gasteiger partial charge in [0.05, 0.1) is 10.9 Å². The molecule has 0 aliphatic carbocycles. The van der Waals surface area contributed by atoms with Crippen molar-refractivity contribution in [2.45, 2.75) is 6.92 Å². The lowest BCUT2D eigenvalue weighted by molar-refractivity contribution is 0.0699. The molecule has 0 unspecified atom stereocenters. The Bertz CT molecular complexity index is 743. The van der Waals surface area contributed by atoms with Gasteiger partial charge in [0.25, 0.3) is 0 Å². The van der Waals surface area contributed by atoms with Crippen molar-refractivity contribution in [1.29, 1.82) is 0 Å². The fourth-order valence-corrected chi connectivity index (χ4v) is 2.01. The molecule has 4 heteroatoms. The van der Waals surface area contributed by atoms with Crippen molar-refractivity contribution in [1.82, 2.24) is 4.98 Å². The Morgan fingerprint density at radius 2 is 2.12 bits per heavy atom. The number of nitrogens with zero attached hydrogens (tertiary/aromatic N) is 1. The maximum absolute atomic E-state index is 11.2. The molecule has 2 heterocycles. The van der Waals surface area contributed by atoms with Gasteiger partial charge >= 0.3 is 5.97 Å². The van der Waals surface area contributed by atoms with Gasteiger partial charge in [0.15, 0.2) is 0 Å². The molecule has 0 atom stereocenters. The highest BCUT2D eigenvalue weighted by Gasteiger charge is 2.16. The Labute approximate surface area is 96.5 Å². The van der Waals surface area contributed by atoms with Crippen LogP contribution >= 0.6 is 0 Å². The van der Waals surface area contributed by atoms with Gasteiger partial charge in [-0.15, -0.1) is 0 Å². The summed E-state index contributed by atoms with van der Waals surface area (Å²) in [4.78, 5) is 15.5. The number of fused-ring (bicyclic) bond motifs is 3. The van der Waals surface area contributed by atoms with Gasteiger partial charge in [-0.2, -0.15) is 0 Å². The van der Waals surface area contributed by atoms with Crippen LogP contribution in [0.1, 0.15) is 16.1 Å². The lowest BCUT2D eigenvalue weighted by Crippen LogP contribution is -1.98. The molecule has 0 radical (unpaired) electrons.